The van der Waals surface area contributed by atoms with Crippen LogP contribution in [0.5, 0.6) is 0 Å². The molecule has 4 aromatic carbocycles. The van der Waals surface area contributed by atoms with E-state index in [1.807, 2.05) is 0 Å². The molecule has 124 valence electrons. The highest BCUT2D eigenvalue weighted by Gasteiger charge is 2.18. The first kappa shape index (κ1) is 15.6. The molecular formula is C25H17Br. The summed E-state index contributed by atoms with van der Waals surface area (Å²) in [4.78, 5) is 0. The van der Waals surface area contributed by atoms with Gasteiger partial charge in [0.15, 0.2) is 0 Å². The Bertz CT molecular complexity index is 1110. The maximum absolute atomic E-state index is 3.70. The van der Waals surface area contributed by atoms with Gasteiger partial charge in [0.1, 0.15) is 0 Å². The van der Waals surface area contributed by atoms with Crippen LogP contribution < -0.4 is 0 Å². The molecule has 4 aromatic rings. The SMILES string of the molecule is Brc1cc(-c2ccccc2)cc(-c2ccc3c(c2)-c2ccccc2C3)c1. The van der Waals surface area contributed by atoms with Crippen LogP contribution in [-0.2, 0) is 6.42 Å². The molecule has 0 spiro atoms. The molecule has 0 saturated heterocycles. The minimum Gasteiger partial charge on any atom is -0.0622 e. The summed E-state index contributed by atoms with van der Waals surface area (Å²) < 4.78 is 1.11. The molecule has 26 heavy (non-hydrogen) atoms. The zero-order valence-electron chi connectivity index (χ0n) is 14.2. The fourth-order valence-electron chi connectivity index (χ4n) is 3.86. The van der Waals surface area contributed by atoms with E-state index in [4.69, 9.17) is 0 Å². The highest BCUT2D eigenvalue weighted by Crippen LogP contribution is 2.39. The van der Waals surface area contributed by atoms with E-state index in [1.165, 1.54) is 44.5 Å². The fourth-order valence-corrected chi connectivity index (χ4v) is 4.35. The highest BCUT2D eigenvalue weighted by molar-refractivity contribution is 9.10. The second-order valence-corrected chi connectivity index (χ2v) is 7.72. The van der Waals surface area contributed by atoms with Crippen molar-refractivity contribution in [3.63, 3.8) is 0 Å². The molecular weight excluding hydrogens is 380 g/mol. The van der Waals surface area contributed by atoms with Gasteiger partial charge in [-0.25, -0.2) is 0 Å². The number of benzene rings is 4. The van der Waals surface area contributed by atoms with Gasteiger partial charge in [0.25, 0.3) is 0 Å². The normalized spacial score (nSPS) is 11.9. The van der Waals surface area contributed by atoms with E-state index in [1.54, 1.807) is 0 Å². The molecule has 0 nitrogen and oxygen atoms in total. The number of fused-ring (bicyclic) bond motifs is 3. The highest BCUT2D eigenvalue weighted by atomic mass is 79.9. The third kappa shape index (κ3) is 2.69. The van der Waals surface area contributed by atoms with Crippen LogP contribution in [0.2, 0.25) is 0 Å². The minimum atomic E-state index is 1.04. The average molecular weight is 397 g/mol. The maximum atomic E-state index is 3.70. The average Bonchev–Trinajstić information content (AvgIpc) is 3.06. The maximum Gasteiger partial charge on any atom is 0.0187 e. The van der Waals surface area contributed by atoms with Crippen LogP contribution in [0.25, 0.3) is 33.4 Å². The summed E-state index contributed by atoms with van der Waals surface area (Å²) in [5.41, 5.74) is 10.6. The Kier molecular flexibility index (Phi) is 3.76. The summed E-state index contributed by atoms with van der Waals surface area (Å²) in [6, 6.07) is 32.8. The molecule has 0 aromatic heterocycles. The molecule has 1 aliphatic carbocycles. The molecule has 5 rings (SSSR count). The summed E-state index contributed by atoms with van der Waals surface area (Å²) in [7, 11) is 0. The third-order valence-corrected chi connectivity index (χ3v) is 5.59. The zero-order chi connectivity index (χ0) is 17.5. The minimum absolute atomic E-state index is 1.04. The topological polar surface area (TPSA) is 0 Å². The summed E-state index contributed by atoms with van der Waals surface area (Å²) in [5, 5.41) is 0. The molecule has 0 aliphatic heterocycles. The van der Waals surface area contributed by atoms with Gasteiger partial charge in [-0.15, -0.1) is 0 Å². The number of hydrogen-bond donors (Lipinski definition) is 0. The van der Waals surface area contributed by atoms with Crippen molar-refractivity contribution >= 4 is 15.9 Å². The van der Waals surface area contributed by atoms with Crippen molar-refractivity contribution in [2.45, 2.75) is 6.42 Å². The first-order valence-corrected chi connectivity index (χ1v) is 9.65. The summed E-state index contributed by atoms with van der Waals surface area (Å²) in [6.45, 7) is 0. The van der Waals surface area contributed by atoms with Crippen molar-refractivity contribution in [3.05, 3.63) is 107 Å². The van der Waals surface area contributed by atoms with E-state index in [0.717, 1.165) is 10.9 Å². The lowest BCUT2D eigenvalue weighted by atomic mass is 9.96. The Morgan fingerprint density at radius 1 is 0.500 bits per heavy atom. The van der Waals surface area contributed by atoms with Crippen molar-refractivity contribution in [1.29, 1.82) is 0 Å². The predicted molar refractivity (Wildman–Crippen MR) is 113 cm³/mol. The van der Waals surface area contributed by atoms with Crippen molar-refractivity contribution < 1.29 is 0 Å². The van der Waals surface area contributed by atoms with E-state index < -0.39 is 0 Å². The number of rotatable bonds is 2. The zero-order valence-corrected chi connectivity index (χ0v) is 15.8. The van der Waals surface area contributed by atoms with Gasteiger partial charge in [-0.05, 0) is 75.2 Å². The molecule has 0 amide bonds. The van der Waals surface area contributed by atoms with E-state index in [2.05, 4.69) is 107 Å². The van der Waals surface area contributed by atoms with E-state index in [-0.39, 0.29) is 0 Å². The predicted octanol–water partition coefficient (Wildman–Crippen LogP) is 7.35. The molecule has 0 radical (unpaired) electrons. The van der Waals surface area contributed by atoms with E-state index in [0.29, 0.717) is 0 Å². The van der Waals surface area contributed by atoms with Crippen molar-refractivity contribution in [2.24, 2.45) is 0 Å². The lowest BCUT2D eigenvalue weighted by Crippen LogP contribution is -1.85. The fraction of sp³-hybridized carbons (Fsp3) is 0.0400. The number of hydrogen-bond acceptors (Lipinski definition) is 0. The molecule has 1 aliphatic rings. The summed E-state index contributed by atoms with van der Waals surface area (Å²) >= 11 is 3.70. The second-order valence-electron chi connectivity index (χ2n) is 6.80. The van der Waals surface area contributed by atoms with Crippen LogP contribution in [-0.4, -0.2) is 0 Å². The Labute approximate surface area is 162 Å². The van der Waals surface area contributed by atoms with Crippen molar-refractivity contribution in [3.8, 4) is 33.4 Å². The molecule has 1 heteroatoms. The van der Waals surface area contributed by atoms with Crippen LogP contribution in [0.1, 0.15) is 11.1 Å². The van der Waals surface area contributed by atoms with Crippen molar-refractivity contribution in [1.82, 2.24) is 0 Å². The van der Waals surface area contributed by atoms with Crippen LogP contribution in [0, 0.1) is 0 Å². The smallest absolute Gasteiger partial charge is 0.0187 e. The van der Waals surface area contributed by atoms with Gasteiger partial charge in [0, 0.05) is 4.47 Å². The van der Waals surface area contributed by atoms with Gasteiger partial charge in [0.05, 0.1) is 0 Å². The lowest BCUT2D eigenvalue weighted by molar-refractivity contribution is 1.26. The Balaban J connectivity index is 1.63. The summed E-state index contributed by atoms with van der Waals surface area (Å²) in [6.07, 6.45) is 1.04. The van der Waals surface area contributed by atoms with E-state index in [9.17, 15) is 0 Å². The largest absolute Gasteiger partial charge is 0.0622 e. The Morgan fingerprint density at radius 3 is 2.04 bits per heavy atom. The van der Waals surface area contributed by atoms with Gasteiger partial charge >= 0.3 is 0 Å². The van der Waals surface area contributed by atoms with Gasteiger partial charge in [-0.1, -0.05) is 82.7 Å². The Morgan fingerprint density at radius 2 is 1.19 bits per heavy atom. The molecule has 0 unspecified atom stereocenters. The third-order valence-electron chi connectivity index (χ3n) is 5.14. The Hall–Kier alpha value is -2.64. The van der Waals surface area contributed by atoms with E-state index >= 15 is 0 Å². The van der Waals surface area contributed by atoms with Crippen LogP contribution >= 0.6 is 15.9 Å². The standard InChI is InChI=1S/C25H17Br/c26-23-14-21(17-6-2-1-3-7-17)13-22(15-23)18-10-11-20-12-19-8-4-5-9-24(19)25(20)16-18/h1-11,13-16H,12H2. The molecule has 0 N–H and O–H groups in total. The molecule has 0 saturated carbocycles. The second kappa shape index (κ2) is 6.26. The van der Waals surface area contributed by atoms with Gasteiger partial charge in [-0.3, -0.25) is 0 Å². The first-order chi connectivity index (χ1) is 12.8. The van der Waals surface area contributed by atoms with Crippen LogP contribution in [0.3, 0.4) is 0 Å². The summed E-state index contributed by atoms with van der Waals surface area (Å²) in [5.74, 6) is 0. The van der Waals surface area contributed by atoms with Gasteiger partial charge in [0.2, 0.25) is 0 Å². The molecule has 0 atom stereocenters. The molecule has 0 fully saturated rings. The first-order valence-electron chi connectivity index (χ1n) is 8.85. The molecule has 0 bridgehead atoms. The van der Waals surface area contributed by atoms with Crippen LogP contribution in [0.15, 0.2) is 95.5 Å². The van der Waals surface area contributed by atoms with Crippen molar-refractivity contribution in [2.75, 3.05) is 0 Å². The number of halogens is 1. The monoisotopic (exact) mass is 396 g/mol. The van der Waals surface area contributed by atoms with Gasteiger partial charge < -0.3 is 0 Å². The quantitative estimate of drug-likeness (QED) is 0.292. The lowest BCUT2D eigenvalue weighted by Gasteiger charge is -2.10. The van der Waals surface area contributed by atoms with Gasteiger partial charge in [-0.2, -0.15) is 0 Å². The molecule has 0 heterocycles. The van der Waals surface area contributed by atoms with Crippen LogP contribution in [0.4, 0.5) is 0 Å².